The minimum Gasteiger partial charge on any atom is -0.462 e. The molecule has 0 aromatic carbocycles. The van der Waals surface area contributed by atoms with Gasteiger partial charge in [-0.25, -0.2) is 4.57 Å². The molecule has 9 nitrogen and oxygen atoms in total. The van der Waals surface area contributed by atoms with E-state index in [4.69, 9.17) is 18.5 Å². The Bertz CT molecular complexity index is 1480. The summed E-state index contributed by atoms with van der Waals surface area (Å²) in [7, 11) is 1.44. The van der Waals surface area contributed by atoms with E-state index in [0.717, 1.165) is 122 Å². The van der Waals surface area contributed by atoms with Gasteiger partial charge in [0.25, 0.3) is 0 Å². The highest BCUT2D eigenvalue weighted by molar-refractivity contribution is 7.47. The van der Waals surface area contributed by atoms with Crippen molar-refractivity contribution in [3.8, 4) is 0 Å². The summed E-state index contributed by atoms with van der Waals surface area (Å²) >= 11 is 0. The van der Waals surface area contributed by atoms with Crippen LogP contribution >= 0.6 is 7.82 Å². The van der Waals surface area contributed by atoms with E-state index in [1.165, 1.54) is 25.7 Å². The fourth-order valence-corrected chi connectivity index (χ4v) is 7.13. The second-order valence-corrected chi connectivity index (χ2v) is 19.2. The van der Waals surface area contributed by atoms with Crippen LogP contribution in [-0.2, 0) is 32.7 Å². The summed E-state index contributed by atoms with van der Waals surface area (Å²) in [6.07, 6.45) is 64.2. The molecule has 0 radical (unpaired) electrons. The largest absolute Gasteiger partial charge is 0.472 e. The van der Waals surface area contributed by atoms with Crippen LogP contribution in [0.4, 0.5) is 0 Å². The number of carbonyl (C=O) groups excluding carboxylic acids is 2. The molecule has 376 valence electrons. The molecule has 0 fully saturated rings. The summed E-state index contributed by atoms with van der Waals surface area (Å²) in [5.74, 6) is -0.838. The molecule has 0 aromatic rings. The van der Waals surface area contributed by atoms with E-state index in [0.29, 0.717) is 17.4 Å². The van der Waals surface area contributed by atoms with Crippen molar-refractivity contribution >= 4 is 19.8 Å². The van der Waals surface area contributed by atoms with Gasteiger partial charge in [-0.3, -0.25) is 18.6 Å². The third kappa shape index (κ3) is 50.1. The highest BCUT2D eigenvalue weighted by Crippen LogP contribution is 2.43. The van der Waals surface area contributed by atoms with Crippen molar-refractivity contribution in [2.24, 2.45) is 0 Å². The zero-order valence-electron chi connectivity index (χ0n) is 42.4. The Balaban J connectivity index is 4.34. The molecule has 0 aromatic heterocycles. The van der Waals surface area contributed by atoms with Gasteiger partial charge in [-0.05, 0) is 96.3 Å². The Hall–Kier alpha value is -3.33. The number of carbonyl (C=O) groups is 2. The Labute approximate surface area is 404 Å². The zero-order chi connectivity index (χ0) is 48.5. The molecular weight excluding hydrogens is 846 g/mol. The number of hydrogen-bond donors (Lipinski definition) is 1. The molecule has 0 saturated carbocycles. The molecule has 2 unspecified atom stereocenters. The number of allylic oxidation sites excluding steroid dienone is 18. The van der Waals surface area contributed by atoms with Gasteiger partial charge >= 0.3 is 19.8 Å². The van der Waals surface area contributed by atoms with Crippen LogP contribution < -0.4 is 0 Å². The first-order chi connectivity index (χ1) is 32.0. The van der Waals surface area contributed by atoms with E-state index in [1.807, 2.05) is 21.1 Å². The van der Waals surface area contributed by atoms with Gasteiger partial charge in [-0.1, -0.05) is 181 Å². The first-order valence-electron chi connectivity index (χ1n) is 25.6. The molecule has 0 aliphatic rings. The van der Waals surface area contributed by atoms with Gasteiger partial charge in [0.15, 0.2) is 6.10 Å². The fraction of sp³-hybridized carbons (Fsp3) is 0.643. The average Bonchev–Trinajstić information content (AvgIpc) is 3.27. The van der Waals surface area contributed by atoms with Crippen LogP contribution in [0, 0.1) is 0 Å². The van der Waals surface area contributed by atoms with Gasteiger partial charge in [0.1, 0.15) is 19.8 Å². The van der Waals surface area contributed by atoms with Gasteiger partial charge < -0.3 is 18.9 Å². The van der Waals surface area contributed by atoms with E-state index in [9.17, 15) is 19.0 Å². The lowest BCUT2D eigenvalue weighted by Gasteiger charge is -2.24. The lowest BCUT2D eigenvalue weighted by Crippen LogP contribution is -2.37. The average molecular weight is 941 g/mol. The van der Waals surface area contributed by atoms with E-state index >= 15 is 0 Å². The molecule has 2 atom stereocenters. The molecule has 0 spiro atoms. The molecular formula is C56H95NO8P+. The van der Waals surface area contributed by atoms with Gasteiger partial charge in [-0.2, -0.15) is 0 Å². The van der Waals surface area contributed by atoms with Gasteiger partial charge in [0.2, 0.25) is 0 Å². The quantitative estimate of drug-likeness (QED) is 0.0211. The zero-order valence-corrected chi connectivity index (χ0v) is 43.3. The molecule has 0 saturated heterocycles. The second-order valence-electron chi connectivity index (χ2n) is 17.8. The van der Waals surface area contributed by atoms with Crippen LogP contribution in [-0.4, -0.2) is 74.9 Å². The van der Waals surface area contributed by atoms with Crippen LogP contribution in [0.1, 0.15) is 181 Å². The van der Waals surface area contributed by atoms with Crippen molar-refractivity contribution in [1.29, 1.82) is 0 Å². The number of phosphoric acid groups is 1. The lowest BCUT2D eigenvalue weighted by molar-refractivity contribution is -0.870. The number of ether oxygens (including phenoxy) is 2. The molecule has 0 bridgehead atoms. The maximum Gasteiger partial charge on any atom is 0.472 e. The van der Waals surface area contributed by atoms with Crippen molar-refractivity contribution in [2.75, 3.05) is 47.5 Å². The summed E-state index contributed by atoms with van der Waals surface area (Å²) < 4.78 is 34.4. The van der Waals surface area contributed by atoms with Crippen LogP contribution in [0.2, 0.25) is 0 Å². The SMILES string of the molecule is CC/C=C\C/C=C\C/C=C\C/C=C\C/C=C\CCCCCCCC(=O)OC(COC(=O)CCCCCCCCCC/C=C\C/C=C\C/C=C\C/C=C\CC)COP(=O)(O)OCC[N+](C)(C)C. The number of rotatable bonds is 45. The van der Waals surface area contributed by atoms with Crippen LogP contribution in [0.3, 0.4) is 0 Å². The van der Waals surface area contributed by atoms with E-state index in [-0.39, 0.29) is 32.0 Å². The number of quaternary nitrogens is 1. The predicted octanol–water partition coefficient (Wildman–Crippen LogP) is 15.5. The molecule has 0 heterocycles. The molecule has 0 aliphatic carbocycles. The second kappa shape index (κ2) is 46.8. The van der Waals surface area contributed by atoms with E-state index in [1.54, 1.807) is 0 Å². The summed E-state index contributed by atoms with van der Waals surface area (Å²) in [4.78, 5) is 35.6. The standard InChI is InChI=1S/C56H94NO8P/c1-6-8-10-12-14-16-18-20-22-24-26-28-30-32-34-36-38-40-42-44-46-48-55(58)62-52-54(53-64-66(60,61)63-51-50-57(3,4)5)65-56(59)49-47-45-43-41-39-37-35-33-31-29-27-25-23-21-19-17-15-13-11-9-7-2/h8-11,14-17,20-23,26-29,33,35,54H,6-7,12-13,18-19,24-25,30-32,34,36-53H2,1-5H3/p+1/b10-8-,11-9-,16-14-,17-15-,22-20-,23-21-,28-26-,29-27-,35-33-. The molecule has 0 amide bonds. The third-order valence-corrected chi connectivity index (χ3v) is 11.3. The number of nitrogens with zero attached hydrogens (tertiary/aromatic N) is 1. The minimum atomic E-state index is -4.40. The molecule has 0 aliphatic heterocycles. The van der Waals surface area contributed by atoms with Crippen molar-refractivity contribution < 1.29 is 42.1 Å². The Morgan fingerprint density at radius 3 is 1.21 bits per heavy atom. The predicted molar refractivity (Wildman–Crippen MR) is 279 cm³/mol. The first-order valence-corrected chi connectivity index (χ1v) is 27.1. The summed E-state index contributed by atoms with van der Waals surface area (Å²) in [5, 5.41) is 0. The van der Waals surface area contributed by atoms with E-state index < -0.39 is 26.5 Å². The number of phosphoric ester groups is 1. The number of hydrogen-bond acceptors (Lipinski definition) is 7. The summed E-state index contributed by atoms with van der Waals surface area (Å²) in [5.41, 5.74) is 0. The van der Waals surface area contributed by atoms with Crippen LogP contribution in [0.5, 0.6) is 0 Å². The van der Waals surface area contributed by atoms with Crippen molar-refractivity contribution in [3.05, 3.63) is 109 Å². The van der Waals surface area contributed by atoms with Gasteiger partial charge in [0, 0.05) is 12.8 Å². The molecule has 1 N–H and O–H groups in total. The molecule has 66 heavy (non-hydrogen) atoms. The topological polar surface area (TPSA) is 108 Å². The molecule has 10 heteroatoms. The maximum atomic E-state index is 12.8. The minimum absolute atomic E-state index is 0.0196. The third-order valence-electron chi connectivity index (χ3n) is 10.3. The van der Waals surface area contributed by atoms with Crippen LogP contribution in [0.15, 0.2) is 109 Å². The van der Waals surface area contributed by atoms with E-state index in [2.05, 4.69) is 123 Å². The fourth-order valence-electron chi connectivity index (χ4n) is 6.38. The van der Waals surface area contributed by atoms with Gasteiger partial charge in [0.05, 0.1) is 27.7 Å². The van der Waals surface area contributed by atoms with Crippen molar-refractivity contribution in [3.63, 3.8) is 0 Å². The number of esters is 2. The van der Waals surface area contributed by atoms with Crippen molar-refractivity contribution in [1.82, 2.24) is 0 Å². The normalized spacial score (nSPS) is 14.3. The smallest absolute Gasteiger partial charge is 0.462 e. The number of unbranched alkanes of at least 4 members (excludes halogenated alkanes) is 13. The number of likely N-dealkylation sites (N-methyl/N-ethyl adjacent to an activating group) is 1. The summed E-state index contributed by atoms with van der Waals surface area (Å²) in [6, 6.07) is 0. The highest BCUT2D eigenvalue weighted by Gasteiger charge is 2.27. The summed E-state index contributed by atoms with van der Waals surface area (Å²) in [6.45, 7) is 4.15. The van der Waals surface area contributed by atoms with Crippen LogP contribution in [0.25, 0.3) is 0 Å². The lowest BCUT2D eigenvalue weighted by atomic mass is 10.1. The Morgan fingerprint density at radius 2 is 0.818 bits per heavy atom. The molecule has 0 rings (SSSR count). The van der Waals surface area contributed by atoms with Gasteiger partial charge in [-0.15, -0.1) is 0 Å². The van der Waals surface area contributed by atoms with Crippen molar-refractivity contribution in [2.45, 2.75) is 187 Å². The monoisotopic (exact) mass is 941 g/mol. The first kappa shape index (κ1) is 62.7. The Morgan fingerprint density at radius 1 is 0.470 bits per heavy atom. The maximum absolute atomic E-state index is 12.8. The highest BCUT2D eigenvalue weighted by atomic mass is 31.2. The Kier molecular flexibility index (Phi) is 44.4.